The zero-order valence-electron chi connectivity index (χ0n) is 11.1. The smallest absolute Gasteiger partial charge is 0.147 e. The standard InChI is InChI=1S/C13H19BrFNO2S/c1-3-7-16-13(6-8-19(2,17)18)11-9-10(15)4-5-12(11)14/h4-5,9,13,16H,3,6-8H2,1-2H3. The Morgan fingerprint density at radius 1 is 1.42 bits per heavy atom. The lowest BCUT2D eigenvalue weighted by molar-refractivity contribution is 0.508. The summed E-state index contributed by atoms with van der Waals surface area (Å²) in [6, 6.07) is 4.30. The third-order valence-electron chi connectivity index (χ3n) is 2.75. The van der Waals surface area contributed by atoms with Crippen molar-refractivity contribution in [2.75, 3.05) is 18.6 Å². The number of rotatable bonds is 7. The van der Waals surface area contributed by atoms with Gasteiger partial charge in [0, 0.05) is 16.8 Å². The van der Waals surface area contributed by atoms with E-state index in [1.54, 1.807) is 6.07 Å². The molecule has 3 nitrogen and oxygen atoms in total. The molecule has 0 bridgehead atoms. The second kappa shape index (κ2) is 7.36. The Kier molecular flexibility index (Phi) is 6.42. The molecule has 1 aromatic carbocycles. The van der Waals surface area contributed by atoms with Crippen LogP contribution in [0.3, 0.4) is 0 Å². The molecule has 0 heterocycles. The lowest BCUT2D eigenvalue weighted by atomic mass is 10.0. The van der Waals surface area contributed by atoms with Crippen molar-refractivity contribution in [3.63, 3.8) is 0 Å². The van der Waals surface area contributed by atoms with Crippen LogP contribution in [-0.4, -0.2) is 27.0 Å². The highest BCUT2D eigenvalue weighted by molar-refractivity contribution is 9.10. The number of nitrogens with one attached hydrogen (secondary N) is 1. The van der Waals surface area contributed by atoms with Crippen molar-refractivity contribution >= 4 is 25.8 Å². The van der Waals surface area contributed by atoms with E-state index in [9.17, 15) is 12.8 Å². The van der Waals surface area contributed by atoms with Gasteiger partial charge in [-0.25, -0.2) is 12.8 Å². The SMILES string of the molecule is CCCNC(CCS(C)(=O)=O)c1cc(F)ccc1Br. The van der Waals surface area contributed by atoms with E-state index < -0.39 is 9.84 Å². The highest BCUT2D eigenvalue weighted by Gasteiger charge is 2.17. The summed E-state index contributed by atoms with van der Waals surface area (Å²) in [5, 5.41) is 3.27. The van der Waals surface area contributed by atoms with Gasteiger partial charge in [-0.05, 0) is 43.1 Å². The lowest BCUT2D eigenvalue weighted by Gasteiger charge is -2.20. The molecule has 1 rings (SSSR count). The summed E-state index contributed by atoms with van der Waals surface area (Å²) in [5.41, 5.74) is 0.761. The summed E-state index contributed by atoms with van der Waals surface area (Å²) in [6.07, 6.45) is 2.58. The van der Waals surface area contributed by atoms with Crippen LogP contribution in [0.2, 0.25) is 0 Å². The van der Waals surface area contributed by atoms with Crippen molar-refractivity contribution in [2.45, 2.75) is 25.8 Å². The summed E-state index contributed by atoms with van der Waals surface area (Å²) < 4.78 is 36.7. The van der Waals surface area contributed by atoms with Gasteiger partial charge in [0.25, 0.3) is 0 Å². The molecule has 0 fully saturated rings. The molecule has 0 aliphatic carbocycles. The molecular formula is C13H19BrFNO2S. The largest absolute Gasteiger partial charge is 0.310 e. The molecular weight excluding hydrogens is 333 g/mol. The van der Waals surface area contributed by atoms with E-state index in [1.807, 2.05) is 6.92 Å². The molecule has 1 aromatic rings. The van der Waals surface area contributed by atoms with Gasteiger partial charge in [-0.1, -0.05) is 22.9 Å². The number of sulfone groups is 1. The number of hydrogen-bond acceptors (Lipinski definition) is 3. The molecule has 0 saturated heterocycles. The molecule has 0 amide bonds. The molecule has 0 saturated carbocycles. The highest BCUT2D eigenvalue weighted by atomic mass is 79.9. The first-order valence-corrected chi connectivity index (χ1v) is 9.05. The van der Waals surface area contributed by atoms with Gasteiger partial charge >= 0.3 is 0 Å². The number of halogens is 2. The van der Waals surface area contributed by atoms with Crippen molar-refractivity contribution in [3.05, 3.63) is 34.1 Å². The van der Waals surface area contributed by atoms with Gasteiger partial charge < -0.3 is 5.32 Å². The second-order valence-electron chi connectivity index (χ2n) is 4.59. The first-order chi connectivity index (χ1) is 8.83. The van der Waals surface area contributed by atoms with E-state index in [0.29, 0.717) is 6.42 Å². The Morgan fingerprint density at radius 3 is 2.68 bits per heavy atom. The van der Waals surface area contributed by atoms with Crippen LogP contribution < -0.4 is 5.32 Å². The molecule has 6 heteroatoms. The molecule has 0 aromatic heterocycles. The minimum atomic E-state index is -3.02. The maximum Gasteiger partial charge on any atom is 0.147 e. The molecule has 0 spiro atoms. The first kappa shape index (κ1) is 16.6. The molecule has 0 radical (unpaired) electrons. The van der Waals surface area contributed by atoms with Crippen LogP contribution >= 0.6 is 15.9 Å². The summed E-state index contributed by atoms with van der Waals surface area (Å²) >= 11 is 3.39. The zero-order valence-corrected chi connectivity index (χ0v) is 13.5. The maximum absolute atomic E-state index is 13.3. The van der Waals surface area contributed by atoms with Gasteiger partial charge in [-0.3, -0.25) is 0 Å². The highest BCUT2D eigenvalue weighted by Crippen LogP contribution is 2.27. The van der Waals surface area contributed by atoms with Gasteiger partial charge in [0.1, 0.15) is 15.7 Å². The van der Waals surface area contributed by atoms with Gasteiger partial charge in [-0.2, -0.15) is 0 Å². The Morgan fingerprint density at radius 2 is 2.11 bits per heavy atom. The van der Waals surface area contributed by atoms with E-state index in [4.69, 9.17) is 0 Å². The van der Waals surface area contributed by atoms with E-state index in [0.717, 1.165) is 23.0 Å². The van der Waals surface area contributed by atoms with E-state index >= 15 is 0 Å². The van der Waals surface area contributed by atoms with Gasteiger partial charge in [-0.15, -0.1) is 0 Å². The van der Waals surface area contributed by atoms with Crippen LogP contribution in [0.15, 0.2) is 22.7 Å². The third kappa shape index (κ3) is 6.01. The quantitative estimate of drug-likeness (QED) is 0.820. The predicted molar refractivity (Wildman–Crippen MR) is 79.5 cm³/mol. The summed E-state index contributed by atoms with van der Waals surface area (Å²) in [4.78, 5) is 0. The molecule has 1 N–H and O–H groups in total. The van der Waals surface area contributed by atoms with E-state index in [2.05, 4.69) is 21.2 Å². The molecule has 19 heavy (non-hydrogen) atoms. The number of hydrogen-bond donors (Lipinski definition) is 1. The van der Waals surface area contributed by atoms with Gasteiger partial charge in [0.2, 0.25) is 0 Å². The van der Waals surface area contributed by atoms with Crippen molar-refractivity contribution in [1.29, 1.82) is 0 Å². The normalized spacial score (nSPS) is 13.5. The predicted octanol–water partition coefficient (Wildman–Crippen LogP) is 3.06. The van der Waals surface area contributed by atoms with Crippen LogP contribution in [0.5, 0.6) is 0 Å². The fourth-order valence-corrected chi connectivity index (χ4v) is 2.99. The topological polar surface area (TPSA) is 46.2 Å². The fraction of sp³-hybridized carbons (Fsp3) is 0.538. The van der Waals surface area contributed by atoms with Crippen LogP contribution in [0.4, 0.5) is 4.39 Å². The summed E-state index contributed by atoms with van der Waals surface area (Å²) in [7, 11) is -3.02. The van der Waals surface area contributed by atoms with Crippen LogP contribution in [0.25, 0.3) is 0 Å². The van der Waals surface area contributed by atoms with Crippen LogP contribution in [-0.2, 0) is 9.84 Å². The summed E-state index contributed by atoms with van der Waals surface area (Å²) in [6.45, 7) is 2.79. The molecule has 108 valence electrons. The first-order valence-electron chi connectivity index (χ1n) is 6.19. The monoisotopic (exact) mass is 351 g/mol. The minimum Gasteiger partial charge on any atom is -0.310 e. The Balaban J connectivity index is 2.91. The number of benzene rings is 1. The second-order valence-corrected chi connectivity index (χ2v) is 7.71. The fourth-order valence-electron chi connectivity index (χ4n) is 1.80. The van der Waals surface area contributed by atoms with Crippen LogP contribution in [0, 0.1) is 5.82 Å². The molecule has 0 aliphatic rings. The van der Waals surface area contributed by atoms with Crippen molar-refractivity contribution < 1.29 is 12.8 Å². The zero-order chi connectivity index (χ0) is 14.5. The molecule has 0 aliphatic heterocycles. The summed E-state index contributed by atoms with van der Waals surface area (Å²) in [5.74, 6) is -0.238. The van der Waals surface area contributed by atoms with E-state index in [-0.39, 0.29) is 17.6 Å². The molecule has 1 unspecified atom stereocenters. The molecule has 1 atom stereocenters. The van der Waals surface area contributed by atoms with Crippen molar-refractivity contribution in [1.82, 2.24) is 5.32 Å². The van der Waals surface area contributed by atoms with Crippen LogP contribution in [0.1, 0.15) is 31.4 Å². The average Bonchev–Trinajstić information content (AvgIpc) is 2.32. The third-order valence-corrected chi connectivity index (χ3v) is 4.45. The van der Waals surface area contributed by atoms with Gasteiger partial charge in [0.15, 0.2) is 0 Å². The average molecular weight is 352 g/mol. The van der Waals surface area contributed by atoms with E-state index in [1.165, 1.54) is 18.4 Å². The van der Waals surface area contributed by atoms with Gasteiger partial charge in [0.05, 0.1) is 5.75 Å². The Labute approximate surface area is 122 Å². The minimum absolute atomic E-state index is 0.0807. The van der Waals surface area contributed by atoms with Crippen molar-refractivity contribution in [3.8, 4) is 0 Å². The Bertz CT molecular complexity index is 519. The lowest BCUT2D eigenvalue weighted by Crippen LogP contribution is -2.25. The maximum atomic E-state index is 13.3. The van der Waals surface area contributed by atoms with Crippen molar-refractivity contribution in [2.24, 2.45) is 0 Å². The Hall–Kier alpha value is -0.460.